The van der Waals surface area contributed by atoms with Crippen molar-refractivity contribution in [3.8, 4) is 22.8 Å². The molecule has 0 radical (unpaired) electrons. The van der Waals surface area contributed by atoms with Crippen LogP contribution in [0.4, 0.5) is 18.3 Å². The molecular weight excluding hydrogens is 509 g/mol. The van der Waals surface area contributed by atoms with Crippen molar-refractivity contribution in [2.75, 3.05) is 12.4 Å². The van der Waals surface area contributed by atoms with E-state index in [0.717, 1.165) is 10.3 Å². The third-order valence-electron chi connectivity index (χ3n) is 5.25. The second kappa shape index (κ2) is 10.4. The molecule has 0 spiro atoms. The molecule has 192 valence electrons. The van der Waals surface area contributed by atoms with Crippen LogP contribution in [-0.2, 0) is 4.79 Å². The van der Waals surface area contributed by atoms with E-state index in [0.29, 0.717) is 16.2 Å². The first kappa shape index (κ1) is 25.9. The van der Waals surface area contributed by atoms with E-state index < -0.39 is 24.1 Å². The van der Waals surface area contributed by atoms with E-state index in [4.69, 9.17) is 4.74 Å². The Hall–Kier alpha value is -4.19. The predicted molar refractivity (Wildman–Crippen MR) is 133 cm³/mol. The van der Waals surface area contributed by atoms with Gasteiger partial charge in [-0.15, -0.1) is 13.2 Å². The Morgan fingerprint density at radius 2 is 1.84 bits per heavy atom. The van der Waals surface area contributed by atoms with Gasteiger partial charge in [-0.2, -0.15) is 0 Å². The smallest absolute Gasteiger partial charge is 0.480 e. The van der Waals surface area contributed by atoms with E-state index in [1.165, 1.54) is 43.6 Å². The van der Waals surface area contributed by atoms with Crippen molar-refractivity contribution in [1.82, 2.24) is 15.3 Å². The van der Waals surface area contributed by atoms with E-state index in [1.807, 2.05) is 6.07 Å². The number of carbonyl (C=O) groups excluding carboxylic acids is 2. The van der Waals surface area contributed by atoms with Crippen LogP contribution in [0.5, 0.6) is 11.6 Å². The predicted octanol–water partition coefficient (Wildman–Crippen LogP) is 5.71. The molecule has 0 saturated carbocycles. The molecule has 37 heavy (non-hydrogen) atoms. The van der Waals surface area contributed by atoms with Gasteiger partial charge in [0.2, 0.25) is 11.8 Å². The number of hydrogen-bond acceptors (Lipinski definition) is 7. The summed E-state index contributed by atoms with van der Waals surface area (Å²) in [6, 6.07) is 11.8. The van der Waals surface area contributed by atoms with Crippen molar-refractivity contribution >= 4 is 38.5 Å². The lowest BCUT2D eigenvalue weighted by Crippen LogP contribution is -2.28. The molecule has 0 aliphatic rings. The number of halogens is 3. The minimum absolute atomic E-state index is 0.0556. The third-order valence-corrected chi connectivity index (χ3v) is 6.19. The summed E-state index contributed by atoms with van der Waals surface area (Å²) in [7, 11) is 1.36. The largest absolute Gasteiger partial charge is 0.573 e. The molecule has 2 heterocycles. The summed E-state index contributed by atoms with van der Waals surface area (Å²) in [5, 5.41) is 5.81. The van der Waals surface area contributed by atoms with Crippen molar-refractivity contribution in [2.24, 2.45) is 0 Å². The average molecular weight is 531 g/mol. The summed E-state index contributed by atoms with van der Waals surface area (Å²) >= 11 is 1.30. The van der Waals surface area contributed by atoms with Crippen molar-refractivity contribution < 1.29 is 32.2 Å². The molecule has 0 fully saturated rings. The Kier molecular flexibility index (Phi) is 7.30. The Labute approximate surface area is 213 Å². The highest BCUT2D eigenvalue weighted by atomic mass is 32.1. The van der Waals surface area contributed by atoms with Crippen LogP contribution in [0.15, 0.2) is 54.7 Å². The number of benzene rings is 2. The standard InChI is InChI=1S/C25H21F3N4O4S/c1-13(17-6-4-5-7-20(17)36-25(26,27)28)30-22(34)18-10-16(12-29-23(18)35-3)15-8-9-19-21(11-15)37-24(32-19)31-14(2)33/h4-13H,1-3H3,(H,30,34)(H,31,32,33)/t13-/m0/s1. The van der Waals surface area contributed by atoms with E-state index in [9.17, 15) is 22.8 Å². The number of methoxy groups -OCH3 is 1. The van der Waals surface area contributed by atoms with Crippen LogP contribution in [0.3, 0.4) is 0 Å². The van der Waals surface area contributed by atoms with Gasteiger partial charge in [-0.1, -0.05) is 35.6 Å². The first-order chi connectivity index (χ1) is 17.5. The molecule has 0 aliphatic heterocycles. The number of aromatic nitrogens is 2. The number of nitrogens with zero attached hydrogens (tertiary/aromatic N) is 2. The van der Waals surface area contributed by atoms with Gasteiger partial charge in [0.05, 0.1) is 23.4 Å². The number of ether oxygens (including phenoxy) is 2. The summed E-state index contributed by atoms with van der Waals surface area (Å²) in [4.78, 5) is 33.1. The molecular formula is C25H21F3N4O4S. The minimum Gasteiger partial charge on any atom is -0.480 e. The molecule has 12 heteroatoms. The van der Waals surface area contributed by atoms with Crippen LogP contribution >= 0.6 is 11.3 Å². The van der Waals surface area contributed by atoms with Gasteiger partial charge in [0.15, 0.2) is 5.13 Å². The number of amides is 2. The maximum atomic E-state index is 13.2. The molecule has 1 atom stereocenters. The van der Waals surface area contributed by atoms with Crippen LogP contribution in [0.2, 0.25) is 0 Å². The van der Waals surface area contributed by atoms with Gasteiger partial charge in [0.25, 0.3) is 5.91 Å². The average Bonchev–Trinajstić information content (AvgIpc) is 3.23. The van der Waals surface area contributed by atoms with Crippen molar-refractivity contribution in [3.63, 3.8) is 0 Å². The summed E-state index contributed by atoms with van der Waals surface area (Å²) in [5.74, 6) is -1.17. The Balaban J connectivity index is 1.62. The third kappa shape index (κ3) is 6.15. The van der Waals surface area contributed by atoms with E-state index >= 15 is 0 Å². The van der Waals surface area contributed by atoms with Gasteiger partial charge in [0, 0.05) is 24.2 Å². The van der Waals surface area contributed by atoms with E-state index in [2.05, 4.69) is 25.3 Å². The van der Waals surface area contributed by atoms with Crippen LogP contribution < -0.4 is 20.1 Å². The molecule has 2 aromatic carbocycles. The lowest BCUT2D eigenvalue weighted by Gasteiger charge is -2.19. The lowest BCUT2D eigenvalue weighted by atomic mass is 10.0. The van der Waals surface area contributed by atoms with Gasteiger partial charge in [-0.3, -0.25) is 9.59 Å². The van der Waals surface area contributed by atoms with Gasteiger partial charge in [-0.05, 0) is 36.8 Å². The van der Waals surface area contributed by atoms with Crippen molar-refractivity contribution in [3.05, 3.63) is 65.9 Å². The number of carbonyl (C=O) groups is 2. The SMILES string of the molecule is COc1ncc(-c2ccc3nc(NC(C)=O)sc3c2)cc1C(=O)N[C@@H](C)c1ccccc1OC(F)(F)F. The molecule has 4 rings (SSSR count). The van der Waals surface area contributed by atoms with Crippen LogP contribution in [0, 0.1) is 0 Å². The fourth-order valence-corrected chi connectivity index (χ4v) is 4.60. The maximum absolute atomic E-state index is 13.2. The number of anilines is 1. The number of pyridine rings is 1. The van der Waals surface area contributed by atoms with Gasteiger partial charge >= 0.3 is 6.36 Å². The van der Waals surface area contributed by atoms with Crippen LogP contribution in [0.1, 0.15) is 35.8 Å². The summed E-state index contributed by atoms with van der Waals surface area (Å²) < 4.78 is 48.6. The Morgan fingerprint density at radius 1 is 1.08 bits per heavy atom. The normalized spacial score (nSPS) is 12.2. The molecule has 2 amide bonds. The quantitative estimate of drug-likeness (QED) is 0.317. The zero-order valence-corrected chi connectivity index (χ0v) is 20.7. The molecule has 0 aliphatic carbocycles. The zero-order chi connectivity index (χ0) is 26.7. The number of thiazole rings is 1. The molecule has 2 aromatic heterocycles. The highest BCUT2D eigenvalue weighted by molar-refractivity contribution is 7.22. The van der Waals surface area contributed by atoms with Gasteiger partial charge in [0.1, 0.15) is 11.3 Å². The lowest BCUT2D eigenvalue weighted by molar-refractivity contribution is -0.275. The highest BCUT2D eigenvalue weighted by Crippen LogP contribution is 2.33. The maximum Gasteiger partial charge on any atom is 0.573 e. The summed E-state index contributed by atoms with van der Waals surface area (Å²) in [6.45, 7) is 2.94. The topological polar surface area (TPSA) is 102 Å². The Morgan fingerprint density at radius 3 is 2.54 bits per heavy atom. The summed E-state index contributed by atoms with van der Waals surface area (Å²) in [6.07, 6.45) is -3.33. The number of nitrogens with one attached hydrogen (secondary N) is 2. The van der Waals surface area contributed by atoms with Crippen molar-refractivity contribution in [2.45, 2.75) is 26.3 Å². The number of fused-ring (bicyclic) bond motifs is 1. The molecule has 2 N–H and O–H groups in total. The zero-order valence-electron chi connectivity index (χ0n) is 19.8. The molecule has 0 saturated heterocycles. The molecule has 0 bridgehead atoms. The second-order valence-electron chi connectivity index (χ2n) is 7.94. The van der Waals surface area contributed by atoms with Gasteiger partial charge < -0.3 is 20.1 Å². The summed E-state index contributed by atoms with van der Waals surface area (Å²) in [5.41, 5.74) is 2.30. The first-order valence-corrected chi connectivity index (χ1v) is 11.7. The molecule has 4 aromatic rings. The number of alkyl halides is 3. The van der Waals surface area contributed by atoms with Crippen LogP contribution in [-0.4, -0.2) is 35.3 Å². The van der Waals surface area contributed by atoms with Crippen molar-refractivity contribution in [1.29, 1.82) is 0 Å². The number of para-hydroxylation sites is 1. The van der Waals surface area contributed by atoms with Gasteiger partial charge in [-0.25, -0.2) is 9.97 Å². The minimum atomic E-state index is -4.87. The fourth-order valence-electron chi connectivity index (χ4n) is 3.65. The van der Waals surface area contributed by atoms with Crippen LogP contribution in [0.25, 0.3) is 21.3 Å². The number of rotatable bonds is 7. The molecule has 8 nitrogen and oxygen atoms in total. The number of hydrogen-bond donors (Lipinski definition) is 2. The fraction of sp³-hybridized carbons (Fsp3) is 0.200. The first-order valence-electron chi connectivity index (χ1n) is 10.9. The molecule has 0 unspecified atom stereocenters. The van der Waals surface area contributed by atoms with E-state index in [-0.39, 0.29) is 22.9 Å². The second-order valence-corrected chi connectivity index (χ2v) is 8.97. The van der Waals surface area contributed by atoms with E-state index in [1.54, 1.807) is 37.4 Å². The monoisotopic (exact) mass is 530 g/mol. The Bertz CT molecular complexity index is 1470. The highest BCUT2D eigenvalue weighted by Gasteiger charge is 2.32.